The molecule has 1 saturated heterocycles. The summed E-state index contributed by atoms with van der Waals surface area (Å²) >= 11 is 6.17. The molecular formula is C16H15ClO3. The average molecular weight is 291 g/mol. The first-order chi connectivity index (χ1) is 9.75. The summed E-state index contributed by atoms with van der Waals surface area (Å²) < 4.78 is 11.6. The van der Waals surface area contributed by atoms with Crippen LogP contribution in [0.2, 0.25) is 5.02 Å². The van der Waals surface area contributed by atoms with Crippen molar-refractivity contribution >= 4 is 11.6 Å². The predicted octanol–water partition coefficient (Wildman–Crippen LogP) is 4.22. The van der Waals surface area contributed by atoms with E-state index in [1.54, 1.807) is 12.1 Å². The summed E-state index contributed by atoms with van der Waals surface area (Å²) in [6, 6.07) is 14.7. The second-order valence-corrected chi connectivity index (χ2v) is 5.10. The second-order valence-electron chi connectivity index (χ2n) is 4.70. The van der Waals surface area contributed by atoms with Crippen molar-refractivity contribution in [1.82, 2.24) is 0 Å². The maximum Gasteiger partial charge on any atom is 0.185 e. The molecule has 0 radical (unpaired) electrons. The van der Waals surface area contributed by atoms with Crippen molar-refractivity contribution in [3.8, 4) is 5.75 Å². The highest BCUT2D eigenvalue weighted by atomic mass is 35.5. The quantitative estimate of drug-likeness (QED) is 0.900. The van der Waals surface area contributed by atoms with Gasteiger partial charge in [-0.1, -0.05) is 48.0 Å². The smallest absolute Gasteiger partial charge is 0.185 e. The molecule has 0 bridgehead atoms. The van der Waals surface area contributed by atoms with Gasteiger partial charge >= 0.3 is 0 Å². The molecule has 1 fully saturated rings. The zero-order valence-electron chi connectivity index (χ0n) is 10.8. The van der Waals surface area contributed by atoms with Crippen molar-refractivity contribution in [3.05, 3.63) is 64.7 Å². The number of phenols is 1. The first kappa shape index (κ1) is 13.4. The highest BCUT2D eigenvalue weighted by Gasteiger charge is 2.28. The molecule has 1 aliphatic rings. The molecule has 0 saturated carbocycles. The molecule has 4 heteroatoms. The van der Waals surface area contributed by atoms with E-state index >= 15 is 0 Å². The van der Waals surface area contributed by atoms with Crippen LogP contribution in [0, 0.1) is 0 Å². The van der Waals surface area contributed by atoms with Gasteiger partial charge < -0.3 is 14.6 Å². The Kier molecular flexibility index (Phi) is 3.92. The normalized spacial score (nSPS) is 22.6. The Morgan fingerprint density at radius 1 is 1.00 bits per heavy atom. The molecule has 1 N–H and O–H groups in total. The minimum Gasteiger partial charge on any atom is -0.508 e. The molecule has 0 unspecified atom stereocenters. The van der Waals surface area contributed by atoms with Crippen molar-refractivity contribution < 1.29 is 14.6 Å². The summed E-state index contributed by atoms with van der Waals surface area (Å²) in [7, 11) is 0. The van der Waals surface area contributed by atoms with E-state index in [4.69, 9.17) is 21.1 Å². The van der Waals surface area contributed by atoms with Crippen LogP contribution in [0.25, 0.3) is 0 Å². The van der Waals surface area contributed by atoms with Crippen molar-refractivity contribution in [2.45, 2.75) is 18.8 Å². The van der Waals surface area contributed by atoms with Gasteiger partial charge in [-0.05, 0) is 12.1 Å². The number of phenolic OH excluding ortho intramolecular Hbond substituents is 1. The van der Waals surface area contributed by atoms with Crippen LogP contribution in [0.3, 0.4) is 0 Å². The Bertz CT molecular complexity index is 548. The minimum atomic E-state index is -0.498. The number of ether oxygens (including phenoxy) is 2. The van der Waals surface area contributed by atoms with Gasteiger partial charge in [0.05, 0.1) is 12.7 Å². The van der Waals surface area contributed by atoms with E-state index < -0.39 is 6.29 Å². The fourth-order valence-corrected chi connectivity index (χ4v) is 2.58. The van der Waals surface area contributed by atoms with Crippen molar-refractivity contribution in [2.24, 2.45) is 0 Å². The number of hydrogen-bond donors (Lipinski definition) is 1. The fraction of sp³-hybridized carbons (Fsp3) is 0.250. The molecule has 1 aliphatic heterocycles. The van der Waals surface area contributed by atoms with Crippen LogP contribution in [-0.2, 0) is 9.47 Å². The van der Waals surface area contributed by atoms with E-state index in [0.29, 0.717) is 18.1 Å². The second kappa shape index (κ2) is 5.83. The number of halogens is 1. The molecule has 2 aromatic carbocycles. The van der Waals surface area contributed by atoms with Gasteiger partial charge in [-0.25, -0.2) is 0 Å². The summed E-state index contributed by atoms with van der Waals surface area (Å²) in [5.74, 6) is 0.248. The summed E-state index contributed by atoms with van der Waals surface area (Å²) in [4.78, 5) is 0. The number of para-hydroxylation sites is 1. The topological polar surface area (TPSA) is 38.7 Å². The van der Waals surface area contributed by atoms with Gasteiger partial charge in [0.2, 0.25) is 0 Å². The third-order valence-electron chi connectivity index (χ3n) is 3.38. The van der Waals surface area contributed by atoms with E-state index in [1.165, 1.54) is 0 Å². The highest BCUT2D eigenvalue weighted by molar-refractivity contribution is 6.31. The van der Waals surface area contributed by atoms with Crippen LogP contribution in [0.5, 0.6) is 5.75 Å². The van der Waals surface area contributed by atoms with Crippen molar-refractivity contribution in [3.63, 3.8) is 0 Å². The van der Waals surface area contributed by atoms with Gasteiger partial charge in [-0.2, -0.15) is 0 Å². The maximum absolute atomic E-state index is 9.93. The van der Waals surface area contributed by atoms with E-state index in [0.717, 1.165) is 11.1 Å². The molecule has 0 aliphatic carbocycles. The van der Waals surface area contributed by atoms with Gasteiger partial charge in [0.25, 0.3) is 0 Å². The van der Waals surface area contributed by atoms with Gasteiger partial charge in [-0.15, -0.1) is 0 Å². The summed E-state index contributed by atoms with van der Waals surface area (Å²) in [5, 5.41) is 10.5. The number of aromatic hydroxyl groups is 1. The highest BCUT2D eigenvalue weighted by Crippen LogP contribution is 2.39. The zero-order valence-corrected chi connectivity index (χ0v) is 11.6. The summed E-state index contributed by atoms with van der Waals surface area (Å²) in [6.07, 6.45) is 0.0201. The molecular weight excluding hydrogens is 276 g/mol. The Labute approximate surface area is 122 Å². The maximum atomic E-state index is 9.93. The van der Waals surface area contributed by atoms with Gasteiger partial charge in [0.15, 0.2) is 6.29 Å². The molecule has 2 aromatic rings. The Balaban J connectivity index is 1.84. The summed E-state index contributed by atoms with van der Waals surface area (Å²) in [6.45, 7) is 0.564. The largest absolute Gasteiger partial charge is 0.508 e. The lowest BCUT2D eigenvalue weighted by Crippen LogP contribution is -2.21. The third-order valence-corrected chi connectivity index (χ3v) is 3.72. The number of rotatable bonds is 2. The molecule has 1 heterocycles. The van der Waals surface area contributed by atoms with Gasteiger partial charge in [-0.3, -0.25) is 0 Å². The van der Waals surface area contributed by atoms with Crippen LogP contribution in [-0.4, -0.2) is 11.7 Å². The first-order valence-corrected chi connectivity index (χ1v) is 6.93. The van der Waals surface area contributed by atoms with E-state index in [1.807, 2.05) is 36.4 Å². The lowest BCUT2D eigenvalue weighted by atomic mass is 10.0. The Morgan fingerprint density at radius 2 is 1.70 bits per heavy atom. The summed E-state index contributed by atoms with van der Waals surface area (Å²) in [5.41, 5.74) is 1.60. The molecule has 0 spiro atoms. The monoisotopic (exact) mass is 290 g/mol. The fourth-order valence-electron chi connectivity index (χ4n) is 2.36. The van der Waals surface area contributed by atoms with Crippen LogP contribution in [0.1, 0.15) is 29.9 Å². The lowest BCUT2D eigenvalue weighted by molar-refractivity contribution is -0.219. The van der Waals surface area contributed by atoms with E-state index in [-0.39, 0.29) is 11.9 Å². The van der Waals surface area contributed by atoms with Crippen LogP contribution in [0.15, 0.2) is 48.5 Å². The number of hydrogen-bond acceptors (Lipinski definition) is 3. The zero-order chi connectivity index (χ0) is 13.9. The van der Waals surface area contributed by atoms with Gasteiger partial charge in [0.1, 0.15) is 5.75 Å². The molecule has 0 aromatic heterocycles. The molecule has 3 nitrogen and oxygen atoms in total. The van der Waals surface area contributed by atoms with Crippen LogP contribution >= 0.6 is 11.6 Å². The first-order valence-electron chi connectivity index (χ1n) is 6.55. The third kappa shape index (κ3) is 2.66. The number of benzene rings is 2. The van der Waals surface area contributed by atoms with E-state index in [9.17, 15) is 5.11 Å². The Morgan fingerprint density at radius 3 is 2.45 bits per heavy atom. The van der Waals surface area contributed by atoms with Gasteiger partial charge in [0, 0.05) is 22.6 Å². The predicted molar refractivity (Wildman–Crippen MR) is 76.7 cm³/mol. The van der Waals surface area contributed by atoms with Crippen LogP contribution in [0.4, 0.5) is 0 Å². The molecule has 104 valence electrons. The Hall–Kier alpha value is -1.55. The van der Waals surface area contributed by atoms with Crippen molar-refractivity contribution in [1.29, 1.82) is 0 Å². The molecule has 2 atom stereocenters. The standard InChI is InChI=1S/C16H15ClO3/c17-13-7-3-1-5-11(13)16-19-10-9-15(20-16)12-6-2-4-8-14(12)18/h1-8,15-16,18H,9-10H2/t15-,16-/m0/s1. The average Bonchev–Trinajstić information content (AvgIpc) is 2.48. The molecule has 20 heavy (non-hydrogen) atoms. The van der Waals surface area contributed by atoms with Crippen LogP contribution < -0.4 is 0 Å². The van der Waals surface area contributed by atoms with Crippen molar-refractivity contribution in [2.75, 3.05) is 6.61 Å². The lowest BCUT2D eigenvalue weighted by Gasteiger charge is -2.31. The minimum absolute atomic E-state index is 0.189. The van der Waals surface area contributed by atoms with E-state index in [2.05, 4.69) is 0 Å². The molecule has 0 amide bonds. The SMILES string of the molecule is Oc1ccccc1[C@@H]1CCO[C@H](c2ccccc2Cl)O1. The molecule has 3 rings (SSSR count).